The van der Waals surface area contributed by atoms with Gasteiger partial charge in [-0.1, -0.05) is 16.7 Å². The zero-order chi connectivity index (χ0) is 17.9. The van der Waals surface area contributed by atoms with Crippen LogP contribution in [0.2, 0.25) is 0 Å². The van der Waals surface area contributed by atoms with Gasteiger partial charge in [-0.05, 0) is 44.4 Å². The van der Waals surface area contributed by atoms with Crippen molar-refractivity contribution in [2.75, 3.05) is 32.8 Å². The number of nitrogens with zero attached hydrogens (tertiary/aromatic N) is 2. The quantitative estimate of drug-likeness (QED) is 0.708. The Morgan fingerprint density at radius 3 is 2.24 bits per heavy atom. The first-order chi connectivity index (χ1) is 12.0. The summed E-state index contributed by atoms with van der Waals surface area (Å²) in [6.45, 7) is 2.55. The van der Waals surface area contributed by atoms with Gasteiger partial charge < -0.3 is 9.64 Å². The van der Waals surface area contributed by atoms with Crippen molar-refractivity contribution in [3.8, 4) is 0 Å². The highest BCUT2D eigenvalue weighted by Crippen LogP contribution is 2.32. The largest absolute Gasteiger partial charge is 0.381 e. The van der Waals surface area contributed by atoms with Crippen LogP contribution in [0.4, 0.5) is 3.89 Å². The van der Waals surface area contributed by atoms with Crippen molar-refractivity contribution >= 4 is 16.3 Å². The van der Waals surface area contributed by atoms with Crippen LogP contribution < -0.4 is 0 Å². The van der Waals surface area contributed by atoms with E-state index in [9.17, 15) is 17.1 Å². The van der Waals surface area contributed by atoms with Gasteiger partial charge in [-0.15, -0.1) is 0 Å². The molecule has 0 bridgehead atoms. The Labute approximate surface area is 150 Å². The van der Waals surface area contributed by atoms with Crippen LogP contribution in [-0.4, -0.2) is 62.4 Å². The van der Waals surface area contributed by atoms with E-state index in [0.29, 0.717) is 26.1 Å². The van der Waals surface area contributed by atoms with Crippen LogP contribution in [0.1, 0.15) is 51.4 Å². The molecule has 6 nitrogen and oxygen atoms in total. The second-order valence-corrected chi connectivity index (χ2v) is 8.85. The maximum atomic E-state index is 13.2. The average Bonchev–Trinajstić information content (AvgIpc) is 2.87. The van der Waals surface area contributed by atoms with Crippen molar-refractivity contribution in [2.24, 2.45) is 11.8 Å². The molecule has 0 aromatic rings. The lowest BCUT2D eigenvalue weighted by Crippen LogP contribution is -2.50. The van der Waals surface area contributed by atoms with Crippen LogP contribution in [0, 0.1) is 11.8 Å². The van der Waals surface area contributed by atoms with E-state index in [0.717, 1.165) is 49.4 Å². The van der Waals surface area contributed by atoms with Gasteiger partial charge >= 0.3 is 10.4 Å². The zero-order valence-electron chi connectivity index (χ0n) is 14.7. The van der Waals surface area contributed by atoms with Crippen molar-refractivity contribution in [2.45, 2.75) is 57.4 Å². The molecule has 3 heterocycles. The van der Waals surface area contributed by atoms with Gasteiger partial charge in [-0.25, -0.2) is 0 Å². The minimum Gasteiger partial charge on any atom is -0.381 e. The molecule has 0 spiro atoms. The number of hydrogen-bond donors (Lipinski definition) is 0. The number of carbonyl (C=O) groups excluding carboxylic acids is 1. The lowest BCUT2D eigenvalue weighted by Gasteiger charge is -2.41. The van der Waals surface area contributed by atoms with Crippen LogP contribution in [-0.2, 0) is 19.9 Å². The molecule has 1 unspecified atom stereocenters. The van der Waals surface area contributed by atoms with Gasteiger partial charge in [0.25, 0.3) is 0 Å². The van der Waals surface area contributed by atoms with Crippen molar-refractivity contribution < 1.29 is 21.8 Å². The smallest absolute Gasteiger partial charge is 0.374 e. The maximum Gasteiger partial charge on any atom is 0.374 e. The molecule has 3 aliphatic heterocycles. The molecule has 3 aliphatic rings. The summed E-state index contributed by atoms with van der Waals surface area (Å²) in [7, 11) is -4.60. The van der Waals surface area contributed by atoms with Gasteiger partial charge in [-0.3, -0.25) is 4.79 Å². The Morgan fingerprint density at radius 2 is 1.60 bits per heavy atom. The monoisotopic (exact) mass is 376 g/mol. The third kappa shape index (κ3) is 4.71. The normalized spacial score (nSPS) is 28.7. The predicted molar refractivity (Wildman–Crippen MR) is 91.8 cm³/mol. The highest BCUT2D eigenvalue weighted by molar-refractivity contribution is 7.83. The second kappa shape index (κ2) is 8.31. The number of piperidine rings is 1. The average molecular weight is 376 g/mol. The highest BCUT2D eigenvalue weighted by atomic mass is 32.3. The van der Waals surface area contributed by atoms with Gasteiger partial charge in [0.2, 0.25) is 5.91 Å². The van der Waals surface area contributed by atoms with Crippen LogP contribution in [0.3, 0.4) is 0 Å². The zero-order valence-corrected chi connectivity index (χ0v) is 15.6. The molecule has 3 rings (SSSR count). The lowest BCUT2D eigenvalue weighted by molar-refractivity contribution is -0.142. The van der Waals surface area contributed by atoms with E-state index in [1.54, 1.807) is 0 Å². The summed E-state index contributed by atoms with van der Waals surface area (Å²) in [5, 5.41) is 0. The molecule has 3 fully saturated rings. The molecule has 0 aromatic heterocycles. The van der Waals surface area contributed by atoms with Gasteiger partial charge in [-0.2, -0.15) is 12.7 Å². The summed E-state index contributed by atoms with van der Waals surface area (Å²) >= 11 is 0. The number of likely N-dealkylation sites (tertiary alicyclic amines) is 1. The summed E-state index contributed by atoms with van der Waals surface area (Å²) in [6, 6.07) is 0.169. The van der Waals surface area contributed by atoms with E-state index in [-0.39, 0.29) is 36.9 Å². The third-order valence-electron chi connectivity index (χ3n) is 6.00. The van der Waals surface area contributed by atoms with Gasteiger partial charge in [0.1, 0.15) is 0 Å². The highest BCUT2D eigenvalue weighted by Gasteiger charge is 2.38. The summed E-state index contributed by atoms with van der Waals surface area (Å²) < 4.78 is 41.7. The van der Waals surface area contributed by atoms with Gasteiger partial charge in [0.05, 0.1) is 0 Å². The van der Waals surface area contributed by atoms with Crippen LogP contribution in [0.5, 0.6) is 0 Å². The number of hydrogen-bond acceptors (Lipinski definition) is 4. The Morgan fingerprint density at radius 1 is 0.920 bits per heavy atom. The van der Waals surface area contributed by atoms with E-state index in [1.165, 1.54) is 0 Å². The minimum atomic E-state index is -4.60. The van der Waals surface area contributed by atoms with E-state index < -0.39 is 10.4 Å². The fourth-order valence-electron chi connectivity index (χ4n) is 4.56. The summed E-state index contributed by atoms with van der Waals surface area (Å²) in [5.41, 5.74) is 0. The number of halogens is 1. The maximum absolute atomic E-state index is 13.2. The number of rotatable bonds is 3. The Bertz CT molecular complexity index is 557. The molecular weight excluding hydrogens is 347 g/mol. The Hall–Kier alpha value is -0.730. The van der Waals surface area contributed by atoms with Crippen molar-refractivity contribution in [1.29, 1.82) is 0 Å². The summed E-state index contributed by atoms with van der Waals surface area (Å²) in [5.74, 6) is 0.566. The number of carbonyl (C=O) groups is 1. The van der Waals surface area contributed by atoms with E-state index in [4.69, 9.17) is 4.74 Å². The van der Waals surface area contributed by atoms with Gasteiger partial charge in [0.15, 0.2) is 0 Å². The first kappa shape index (κ1) is 19.0. The molecule has 144 valence electrons. The molecule has 3 saturated heterocycles. The Kier molecular flexibility index (Phi) is 6.33. The van der Waals surface area contributed by atoms with Crippen LogP contribution in [0.25, 0.3) is 0 Å². The molecule has 0 radical (unpaired) electrons. The van der Waals surface area contributed by atoms with E-state index in [1.807, 2.05) is 0 Å². The second-order valence-electron chi connectivity index (χ2n) is 7.51. The fourth-order valence-corrected chi connectivity index (χ4v) is 5.20. The van der Waals surface area contributed by atoms with Crippen molar-refractivity contribution in [3.63, 3.8) is 0 Å². The van der Waals surface area contributed by atoms with Crippen molar-refractivity contribution in [1.82, 2.24) is 9.21 Å². The molecule has 1 atom stereocenters. The molecule has 0 N–H and O–H groups in total. The molecule has 0 aliphatic carbocycles. The van der Waals surface area contributed by atoms with Crippen LogP contribution in [0.15, 0.2) is 0 Å². The molecule has 0 aromatic carbocycles. The third-order valence-corrected chi connectivity index (χ3v) is 6.99. The topological polar surface area (TPSA) is 66.9 Å². The predicted octanol–water partition coefficient (Wildman–Crippen LogP) is 2.11. The molecule has 25 heavy (non-hydrogen) atoms. The van der Waals surface area contributed by atoms with E-state index in [2.05, 4.69) is 4.90 Å². The van der Waals surface area contributed by atoms with E-state index >= 15 is 0 Å². The summed E-state index contributed by atoms with van der Waals surface area (Å²) in [4.78, 5) is 15.2. The first-order valence-electron chi connectivity index (χ1n) is 9.55. The van der Waals surface area contributed by atoms with Gasteiger partial charge in [0, 0.05) is 44.8 Å². The minimum absolute atomic E-state index is 0.0562. The SMILES string of the molecule is O=C(C1CCOCC1)N1CCCCCC1C1CCN(S(=O)(=O)F)CC1. The fraction of sp³-hybridized carbons (Fsp3) is 0.941. The number of ether oxygens (including phenoxy) is 1. The van der Waals surface area contributed by atoms with Crippen molar-refractivity contribution in [3.05, 3.63) is 0 Å². The first-order valence-corrected chi connectivity index (χ1v) is 10.9. The van der Waals surface area contributed by atoms with Crippen LogP contribution >= 0.6 is 0 Å². The molecule has 8 heteroatoms. The lowest BCUT2D eigenvalue weighted by atomic mass is 9.86. The molecular formula is C17H29FN2O4S. The molecule has 1 amide bonds. The standard InChI is InChI=1S/C17H29FN2O4S/c18-25(22,23)19-10-5-14(6-11-19)16-4-2-1-3-9-20(16)17(21)15-7-12-24-13-8-15/h14-16H,1-13H2. The molecule has 0 saturated carbocycles. The Balaban J connectivity index is 1.67. The summed E-state index contributed by atoms with van der Waals surface area (Å²) in [6.07, 6.45) is 7.08. The number of amides is 1.